The third-order valence-corrected chi connectivity index (χ3v) is 5.87. The third-order valence-electron chi connectivity index (χ3n) is 4.37. The molecule has 2 N–H and O–H groups in total. The fourth-order valence-electron chi connectivity index (χ4n) is 2.87. The van der Waals surface area contributed by atoms with E-state index in [0.717, 1.165) is 12.8 Å². The van der Waals surface area contributed by atoms with Gasteiger partial charge in [0.2, 0.25) is 3.79 Å². The molecule has 1 aliphatic heterocycles. The number of ether oxygens (including phenoxy) is 3. The van der Waals surface area contributed by atoms with Gasteiger partial charge in [0.15, 0.2) is 11.5 Å². The normalized spacial score (nSPS) is 18.6. The van der Waals surface area contributed by atoms with Crippen LogP contribution in [0.1, 0.15) is 36.5 Å². The number of likely N-dealkylation sites (tertiary alicyclic amines) is 1. The molecule has 0 spiro atoms. The van der Waals surface area contributed by atoms with E-state index in [2.05, 4.69) is 27.9 Å². The first-order chi connectivity index (χ1) is 14.6. The van der Waals surface area contributed by atoms with Gasteiger partial charge in [-0.15, -0.1) is 0 Å². The van der Waals surface area contributed by atoms with Crippen molar-refractivity contribution < 1.29 is 28.9 Å². The average molecular weight is 610 g/mol. The molecule has 1 aromatic carbocycles. The Balaban J connectivity index is 2.36. The molecule has 1 aliphatic rings. The molecule has 0 aliphatic carbocycles. The van der Waals surface area contributed by atoms with Gasteiger partial charge in [0.05, 0.1) is 35.1 Å². The second-order valence-corrected chi connectivity index (χ2v) is 10.8. The number of alkyl halides is 4. The first-order valence-electron chi connectivity index (χ1n) is 9.54. The minimum absolute atomic E-state index is 0.150. The first-order valence-corrected chi connectivity index (χ1v) is 11.9. The van der Waals surface area contributed by atoms with E-state index in [9.17, 15) is 14.7 Å². The zero-order chi connectivity index (χ0) is 23.2. The van der Waals surface area contributed by atoms with E-state index in [4.69, 9.17) is 49.0 Å². The number of carbonyl (C=O) groups excluding carboxylic acids is 2. The summed E-state index contributed by atoms with van der Waals surface area (Å²) >= 11 is 18.9. The van der Waals surface area contributed by atoms with Crippen molar-refractivity contribution in [2.24, 2.45) is 0 Å². The Morgan fingerprint density at radius 2 is 2.03 bits per heavy atom. The molecule has 1 aromatic rings. The quantitative estimate of drug-likeness (QED) is 0.191. The van der Waals surface area contributed by atoms with Crippen LogP contribution >= 0.6 is 57.4 Å². The Morgan fingerprint density at radius 1 is 1.32 bits per heavy atom. The summed E-state index contributed by atoms with van der Waals surface area (Å²) < 4.78 is 14.1. The van der Waals surface area contributed by atoms with Gasteiger partial charge in [-0.05, 0) is 12.5 Å². The molecule has 0 saturated carbocycles. The summed E-state index contributed by atoms with van der Waals surface area (Å²) in [6, 6.07) is 2.98. The molecular formula is C19H24Cl3IN2O6. The lowest BCUT2D eigenvalue weighted by Crippen LogP contribution is -2.34. The number of nitrogens with zero attached hydrogens (tertiary/aromatic N) is 1. The minimum Gasteiger partial charge on any atom is -0.493 e. The molecule has 0 bridgehead atoms. The molecule has 1 fully saturated rings. The highest BCUT2D eigenvalue weighted by molar-refractivity contribution is 14.1. The van der Waals surface area contributed by atoms with E-state index in [1.54, 1.807) is 0 Å². The van der Waals surface area contributed by atoms with Gasteiger partial charge in [-0.25, -0.2) is 4.79 Å². The van der Waals surface area contributed by atoms with E-state index in [1.807, 2.05) is 6.92 Å². The number of nitrogens with one attached hydrogen (secondary N) is 1. The van der Waals surface area contributed by atoms with Gasteiger partial charge >= 0.3 is 6.09 Å². The fraction of sp³-hybridized carbons (Fsp3) is 0.579. The Hall–Kier alpha value is -0.880. The lowest BCUT2D eigenvalue weighted by molar-refractivity contribution is 0.0759. The average Bonchev–Trinajstić information content (AvgIpc) is 3.03. The number of amides is 2. The van der Waals surface area contributed by atoms with Crippen molar-refractivity contribution in [3.8, 4) is 11.5 Å². The van der Waals surface area contributed by atoms with Gasteiger partial charge in [-0.1, -0.05) is 70.7 Å². The van der Waals surface area contributed by atoms with Crippen LogP contribution in [0.4, 0.5) is 10.5 Å². The van der Waals surface area contributed by atoms with Crippen LogP contribution in [0.3, 0.4) is 0 Å². The topological polar surface area (TPSA) is 97.3 Å². The highest BCUT2D eigenvalue weighted by Crippen LogP contribution is 2.36. The van der Waals surface area contributed by atoms with Gasteiger partial charge in [-0.2, -0.15) is 0 Å². The number of benzene rings is 1. The molecule has 0 unspecified atom stereocenters. The number of halogens is 4. The Labute approximate surface area is 209 Å². The van der Waals surface area contributed by atoms with Gasteiger partial charge in [-0.3, -0.25) is 10.1 Å². The van der Waals surface area contributed by atoms with E-state index in [1.165, 1.54) is 24.1 Å². The molecule has 2 amide bonds. The zero-order valence-electron chi connectivity index (χ0n) is 17.0. The molecule has 2 atom stereocenters. The van der Waals surface area contributed by atoms with Crippen molar-refractivity contribution in [1.29, 1.82) is 0 Å². The minimum atomic E-state index is -1.77. The molecule has 2 rings (SSSR count). The van der Waals surface area contributed by atoms with Crippen LogP contribution in [-0.2, 0) is 4.74 Å². The molecule has 174 valence electrons. The number of methoxy groups -OCH3 is 1. The van der Waals surface area contributed by atoms with Crippen molar-refractivity contribution in [3.63, 3.8) is 0 Å². The lowest BCUT2D eigenvalue weighted by Gasteiger charge is -2.23. The van der Waals surface area contributed by atoms with Crippen LogP contribution in [0, 0.1) is 0 Å². The standard InChI is InChI=1S/C19H24Cl3IN2O6/c1-3-4-5-30-15-8-13(24-18(28)31-10-19(20,21)22)12(7-14(15)29-2)17(27)25-9-11(26)6-16(25)23/h7-8,11,16,26H,3-6,9-10H2,1-2H3,(H,24,28)/t11-,16+/m1/s1. The van der Waals surface area contributed by atoms with Crippen LogP contribution < -0.4 is 14.8 Å². The number of hydrogen-bond acceptors (Lipinski definition) is 6. The molecule has 0 radical (unpaired) electrons. The zero-order valence-corrected chi connectivity index (χ0v) is 21.4. The maximum atomic E-state index is 13.2. The van der Waals surface area contributed by atoms with Crippen LogP contribution in [0.25, 0.3) is 0 Å². The monoisotopic (exact) mass is 608 g/mol. The van der Waals surface area contributed by atoms with Gasteiger partial charge in [0.1, 0.15) is 6.61 Å². The van der Waals surface area contributed by atoms with Crippen molar-refractivity contribution >= 4 is 75.1 Å². The van der Waals surface area contributed by atoms with Crippen LogP contribution in [0.15, 0.2) is 12.1 Å². The van der Waals surface area contributed by atoms with Crippen LogP contribution in [0.5, 0.6) is 11.5 Å². The summed E-state index contributed by atoms with van der Waals surface area (Å²) in [7, 11) is 1.46. The summed E-state index contributed by atoms with van der Waals surface area (Å²) in [6.45, 7) is 2.17. The number of rotatable bonds is 8. The predicted molar refractivity (Wildman–Crippen MR) is 128 cm³/mol. The van der Waals surface area contributed by atoms with Crippen molar-refractivity contribution in [1.82, 2.24) is 4.90 Å². The van der Waals surface area contributed by atoms with Crippen molar-refractivity contribution in [3.05, 3.63) is 17.7 Å². The third kappa shape index (κ3) is 7.88. The number of unbranched alkanes of at least 4 members (excludes halogenated alkanes) is 1. The Bertz CT molecular complexity index is 793. The maximum absolute atomic E-state index is 13.2. The number of aliphatic hydroxyl groups is 1. The summed E-state index contributed by atoms with van der Waals surface area (Å²) in [4.78, 5) is 27.0. The van der Waals surface area contributed by atoms with Gasteiger partial charge in [0.25, 0.3) is 5.91 Å². The van der Waals surface area contributed by atoms with Crippen LogP contribution in [0.2, 0.25) is 0 Å². The SMILES string of the molecule is CCCCOc1cc(NC(=O)OCC(Cl)(Cl)Cl)c(C(=O)N2C[C@H](O)C[C@H]2I)cc1OC. The lowest BCUT2D eigenvalue weighted by atomic mass is 10.1. The summed E-state index contributed by atoms with van der Waals surface area (Å²) in [6.07, 6.45) is 0.685. The summed E-state index contributed by atoms with van der Waals surface area (Å²) in [5.41, 5.74) is 0.304. The summed E-state index contributed by atoms with van der Waals surface area (Å²) in [5, 5.41) is 12.4. The second-order valence-electron chi connectivity index (χ2n) is 6.85. The maximum Gasteiger partial charge on any atom is 0.411 e. The fourth-order valence-corrected chi connectivity index (χ4v) is 4.10. The first kappa shape index (κ1) is 26.4. The molecule has 8 nitrogen and oxygen atoms in total. The van der Waals surface area contributed by atoms with Crippen molar-refractivity contribution in [2.45, 2.75) is 40.1 Å². The van der Waals surface area contributed by atoms with Gasteiger partial charge < -0.3 is 24.2 Å². The molecule has 12 heteroatoms. The Morgan fingerprint density at radius 3 is 2.58 bits per heavy atom. The smallest absolute Gasteiger partial charge is 0.411 e. The Kier molecular flexibility index (Phi) is 10.1. The number of β-amino-alcohol motifs (C(OH)–C–C–N with tert-alkyl or cyclic N) is 1. The van der Waals surface area contributed by atoms with E-state index in [0.29, 0.717) is 24.5 Å². The summed E-state index contributed by atoms with van der Waals surface area (Å²) in [5.74, 6) is 0.312. The largest absolute Gasteiger partial charge is 0.493 e. The highest BCUT2D eigenvalue weighted by atomic mass is 127. The van der Waals surface area contributed by atoms with Crippen molar-refractivity contribution in [2.75, 3.05) is 32.2 Å². The van der Waals surface area contributed by atoms with Crippen LogP contribution in [-0.4, -0.2) is 62.8 Å². The molecule has 31 heavy (non-hydrogen) atoms. The van der Waals surface area contributed by atoms with Gasteiger partial charge in [0, 0.05) is 19.0 Å². The number of carbonyl (C=O) groups is 2. The van der Waals surface area contributed by atoms with E-state index < -0.39 is 22.6 Å². The predicted octanol–water partition coefficient (Wildman–Crippen LogP) is 4.76. The molecule has 1 saturated heterocycles. The second kappa shape index (κ2) is 11.8. The number of aliphatic hydroxyl groups excluding tert-OH is 1. The molecule has 0 aromatic heterocycles. The molecule has 1 heterocycles. The highest BCUT2D eigenvalue weighted by Gasteiger charge is 2.35. The molecular weight excluding hydrogens is 585 g/mol. The number of anilines is 1. The van der Waals surface area contributed by atoms with E-state index in [-0.39, 0.29) is 27.8 Å². The number of hydrogen-bond donors (Lipinski definition) is 2. The van der Waals surface area contributed by atoms with E-state index >= 15 is 0 Å².